The lowest BCUT2D eigenvalue weighted by atomic mass is 10.3. The second kappa shape index (κ2) is 6.44. The van der Waals surface area contributed by atoms with Crippen molar-refractivity contribution in [1.29, 1.82) is 0 Å². The first-order chi connectivity index (χ1) is 7.99. The molecule has 3 nitrogen and oxygen atoms in total. The molecule has 1 aromatic rings. The van der Waals surface area contributed by atoms with Crippen molar-refractivity contribution >= 4 is 23.5 Å². The summed E-state index contributed by atoms with van der Waals surface area (Å²) in [5, 5.41) is 5.17. The molecule has 0 saturated heterocycles. The minimum atomic E-state index is -2.51. The number of rotatable bonds is 4. The molecule has 0 bridgehead atoms. The molecule has 0 unspecified atom stereocenters. The molecule has 1 rings (SSSR count). The maximum Gasteiger partial charge on any atom is 0.319 e. The summed E-state index contributed by atoms with van der Waals surface area (Å²) in [6.45, 7) is 3.64. The van der Waals surface area contributed by atoms with Crippen molar-refractivity contribution in [2.75, 3.05) is 5.32 Å². The lowest BCUT2D eigenvalue weighted by Crippen LogP contribution is -2.34. The van der Waals surface area contributed by atoms with Crippen molar-refractivity contribution in [3.63, 3.8) is 0 Å². The van der Waals surface area contributed by atoms with Gasteiger partial charge >= 0.3 is 6.03 Å². The van der Waals surface area contributed by atoms with E-state index in [9.17, 15) is 13.6 Å². The Kier molecular flexibility index (Phi) is 5.21. The van der Waals surface area contributed by atoms with Crippen LogP contribution < -0.4 is 10.6 Å². The molecule has 0 aromatic heterocycles. The predicted molar refractivity (Wildman–Crippen MR) is 65.6 cm³/mol. The van der Waals surface area contributed by atoms with Gasteiger partial charge in [0.25, 0.3) is 5.76 Å². The van der Waals surface area contributed by atoms with Crippen molar-refractivity contribution in [1.82, 2.24) is 5.32 Å². The van der Waals surface area contributed by atoms with Crippen LogP contribution in [0.5, 0.6) is 0 Å². The number of urea groups is 1. The summed E-state index contributed by atoms with van der Waals surface area (Å²) in [7, 11) is 0. The molecule has 0 spiro atoms. The van der Waals surface area contributed by atoms with E-state index in [0.29, 0.717) is 22.3 Å². The van der Waals surface area contributed by atoms with Gasteiger partial charge in [-0.1, -0.05) is 23.9 Å². The van der Waals surface area contributed by atoms with Crippen LogP contribution in [-0.2, 0) is 0 Å². The average molecular weight is 260 g/mol. The highest BCUT2D eigenvalue weighted by atomic mass is 32.2. The van der Waals surface area contributed by atoms with Gasteiger partial charge < -0.3 is 10.6 Å². The lowest BCUT2D eigenvalue weighted by molar-refractivity contribution is 0.249. The van der Waals surface area contributed by atoms with Crippen LogP contribution in [0, 0.1) is 0 Å². The molecule has 2 N–H and O–H groups in total. The Labute approximate surface area is 103 Å². The zero-order chi connectivity index (χ0) is 12.8. The van der Waals surface area contributed by atoms with Crippen LogP contribution in [0.15, 0.2) is 29.2 Å². The van der Waals surface area contributed by atoms with E-state index in [-0.39, 0.29) is 6.04 Å². The third-order valence-electron chi connectivity index (χ3n) is 1.77. The topological polar surface area (TPSA) is 41.1 Å². The van der Waals surface area contributed by atoms with Gasteiger partial charge in [-0.05, 0) is 26.0 Å². The molecule has 0 fully saturated rings. The number of nitrogens with one attached hydrogen (secondary N) is 2. The summed E-state index contributed by atoms with van der Waals surface area (Å²) in [6.07, 6.45) is 0. The van der Waals surface area contributed by atoms with Gasteiger partial charge in [0.1, 0.15) is 0 Å². The number of benzene rings is 1. The molecule has 6 heteroatoms. The summed E-state index contributed by atoms with van der Waals surface area (Å²) >= 11 is 0.410. The number of carbonyl (C=O) groups excluding carboxylic acids is 1. The number of alkyl halides is 2. The SMILES string of the molecule is CC(C)NC(=O)Nc1ccccc1SC(F)F. The van der Waals surface area contributed by atoms with E-state index < -0.39 is 11.8 Å². The Balaban J connectivity index is 2.72. The number of carbonyl (C=O) groups is 1. The number of thioether (sulfide) groups is 1. The fourth-order valence-electron chi connectivity index (χ4n) is 1.19. The monoisotopic (exact) mass is 260 g/mol. The number of halogens is 2. The standard InChI is InChI=1S/C11H14F2N2OS/c1-7(2)14-11(16)15-8-5-3-4-6-9(8)17-10(12)13/h3-7,10H,1-2H3,(H2,14,15,16). The van der Waals surface area contributed by atoms with E-state index in [2.05, 4.69) is 10.6 Å². The highest BCUT2D eigenvalue weighted by Gasteiger charge is 2.11. The first-order valence-corrected chi connectivity index (χ1v) is 5.98. The molecule has 1 aromatic carbocycles. The largest absolute Gasteiger partial charge is 0.336 e. The van der Waals surface area contributed by atoms with Gasteiger partial charge in [0.2, 0.25) is 0 Å². The third kappa shape index (κ3) is 5.04. The maximum atomic E-state index is 12.3. The molecule has 0 atom stereocenters. The zero-order valence-corrected chi connectivity index (χ0v) is 10.4. The van der Waals surface area contributed by atoms with Crippen LogP contribution in [0.25, 0.3) is 0 Å². The van der Waals surface area contributed by atoms with E-state index in [1.165, 1.54) is 0 Å². The van der Waals surface area contributed by atoms with Gasteiger partial charge in [-0.3, -0.25) is 0 Å². The Bertz CT molecular complexity index is 385. The molecule has 0 heterocycles. The van der Waals surface area contributed by atoms with Crippen LogP contribution in [0.4, 0.5) is 19.3 Å². The molecule has 0 aliphatic heterocycles. The van der Waals surface area contributed by atoms with Crippen molar-refractivity contribution in [3.05, 3.63) is 24.3 Å². The summed E-state index contributed by atoms with van der Waals surface area (Å²) < 4.78 is 24.6. The number of anilines is 1. The van der Waals surface area contributed by atoms with Crippen molar-refractivity contribution in [2.45, 2.75) is 30.5 Å². The molecular weight excluding hydrogens is 246 g/mol. The fraction of sp³-hybridized carbons (Fsp3) is 0.364. The van der Waals surface area contributed by atoms with Gasteiger partial charge in [0.05, 0.1) is 5.69 Å². The zero-order valence-electron chi connectivity index (χ0n) is 9.54. The number of hydrogen-bond donors (Lipinski definition) is 2. The van der Waals surface area contributed by atoms with Gasteiger partial charge in [0.15, 0.2) is 0 Å². The Morgan fingerprint density at radius 1 is 1.29 bits per heavy atom. The fourth-order valence-corrected chi connectivity index (χ4v) is 1.78. The minimum Gasteiger partial charge on any atom is -0.336 e. The van der Waals surface area contributed by atoms with Gasteiger partial charge in [-0.2, -0.15) is 8.78 Å². The van der Waals surface area contributed by atoms with Gasteiger partial charge in [0, 0.05) is 10.9 Å². The number of para-hydroxylation sites is 1. The smallest absolute Gasteiger partial charge is 0.319 e. The quantitative estimate of drug-likeness (QED) is 0.813. The Hall–Kier alpha value is -1.30. The van der Waals surface area contributed by atoms with E-state index in [4.69, 9.17) is 0 Å². The van der Waals surface area contributed by atoms with Crippen molar-refractivity contribution in [3.8, 4) is 0 Å². The second-order valence-electron chi connectivity index (χ2n) is 3.63. The van der Waals surface area contributed by atoms with Crippen LogP contribution in [-0.4, -0.2) is 17.8 Å². The highest BCUT2D eigenvalue weighted by Crippen LogP contribution is 2.31. The van der Waals surface area contributed by atoms with E-state index in [1.54, 1.807) is 24.3 Å². The first-order valence-electron chi connectivity index (χ1n) is 5.10. The van der Waals surface area contributed by atoms with Gasteiger partial charge in [-0.25, -0.2) is 4.79 Å². The summed E-state index contributed by atoms with van der Waals surface area (Å²) in [4.78, 5) is 11.8. The predicted octanol–water partition coefficient (Wildman–Crippen LogP) is 3.53. The molecule has 94 valence electrons. The second-order valence-corrected chi connectivity index (χ2v) is 4.66. The van der Waals surface area contributed by atoms with E-state index in [0.717, 1.165) is 0 Å². The Morgan fingerprint density at radius 3 is 2.53 bits per heavy atom. The normalized spacial score (nSPS) is 10.7. The van der Waals surface area contributed by atoms with E-state index >= 15 is 0 Å². The van der Waals surface area contributed by atoms with E-state index in [1.807, 2.05) is 13.8 Å². The molecule has 2 amide bonds. The molecule has 0 aliphatic rings. The summed E-state index contributed by atoms with van der Waals surface area (Å²) in [5.74, 6) is -2.51. The van der Waals surface area contributed by atoms with Crippen LogP contribution in [0.1, 0.15) is 13.8 Å². The molecular formula is C11H14F2N2OS. The number of hydrogen-bond acceptors (Lipinski definition) is 2. The summed E-state index contributed by atoms with van der Waals surface area (Å²) in [6, 6.07) is 6.05. The van der Waals surface area contributed by atoms with Crippen molar-refractivity contribution < 1.29 is 13.6 Å². The minimum absolute atomic E-state index is 0.00934. The highest BCUT2D eigenvalue weighted by molar-refractivity contribution is 7.99. The maximum absolute atomic E-state index is 12.3. The molecule has 0 radical (unpaired) electrons. The van der Waals surface area contributed by atoms with Crippen LogP contribution >= 0.6 is 11.8 Å². The first kappa shape index (κ1) is 13.8. The third-order valence-corrected chi connectivity index (χ3v) is 2.56. The average Bonchev–Trinajstić information content (AvgIpc) is 2.18. The van der Waals surface area contributed by atoms with Crippen molar-refractivity contribution in [2.24, 2.45) is 0 Å². The lowest BCUT2D eigenvalue weighted by Gasteiger charge is -2.12. The molecule has 0 aliphatic carbocycles. The molecule has 17 heavy (non-hydrogen) atoms. The summed E-state index contributed by atoms with van der Waals surface area (Å²) in [5.41, 5.74) is 0.385. The molecule has 0 saturated carbocycles. The number of amides is 2. The van der Waals surface area contributed by atoms with Gasteiger partial charge in [-0.15, -0.1) is 0 Å². The Morgan fingerprint density at radius 2 is 1.94 bits per heavy atom. The van der Waals surface area contributed by atoms with Crippen LogP contribution in [0.3, 0.4) is 0 Å². The van der Waals surface area contributed by atoms with Crippen LogP contribution in [0.2, 0.25) is 0 Å².